The van der Waals surface area contributed by atoms with Crippen LogP contribution in [0.4, 0.5) is 5.95 Å². The van der Waals surface area contributed by atoms with Gasteiger partial charge in [-0.1, -0.05) is 32.4 Å². The van der Waals surface area contributed by atoms with Crippen LogP contribution in [0.3, 0.4) is 0 Å². The molecule has 34 heavy (non-hydrogen) atoms. The lowest BCUT2D eigenvalue weighted by Crippen LogP contribution is -2.52. The molecule has 178 valence electrons. The molecule has 2 aliphatic rings. The highest BCUT2D eigenvalue weighted by Crippen LogP contribution is 2.28. The Morgan fingerprint density at radius 3 is 2.12 bits per heavy atom. The smallest absolute Gasteiger partial charge is 0.330 e. The van der Waals surface area contributed by atoms with Crippen LogP contribution in [0.2, 0.25) is 0 Å². The third-order valence-electron chi connectivity index (χ3n) is 6.33. The third-order valence-corrected chi connectivity index (χ3v) is 6.33. The van der Waals surface area contributed by atoms with Gasteiger partial charge in [-0.2, -0.15) is 0 Å². The number of aromatic nitrogens is 2. The van der Waals surface area contributed by atoms with Crippen LogP contribution in [0.25, 0.3) is 0 Å². The topological polar surface area (TPSA) is 113 Å². The van der Waals surface area contributed by atoms with Gasteiger partial charge >= 0.3 is 5.97 Å². The lowest BCUT2D eigenvalue weighted by molar-refractivity contribution is -0.156. The van der Waals surface area contributed by atoms with Crippen LogP contribution in [-0.4, -0.2) is 82.3 Å². The number of fused-ring (bicyclic) bond motifs is 1. The number of anilines is 1. The van der Waals surface area contributed by atoms with Gasteiger partial charge in [-0.15, -0.1) is 0 Å². The summed E-state index contributed by atoms with van der Waals surface area (Å²) in [6.45, 7) is 5.22. The first-order valence-corrected chi connectivity index (χ1v) is 11.4. The van der Waals surface area contributed by atoms with Gasteiger partial charge in [0.2, 0.25) is 5.95 Å². The highest BCUT2D eigenvalue weighted by molar-refractivity contribution is 6.22. The average molecular weight is 466 g/mol. The van der Waals surface area contributed by atoms with Crippen molar-refractivity contribution in [3.63, 3.8) is 0 Å². The molecule has 3 amide bonds. The Morgan fingerprint density at radius 2 is 1.56 bits per heavy atom. The number of carbonyl (C=O) groups excluding carboxylic acids is 4. The van der Waals surface area contributed by atoms with Gasteiger partial charge in [0.1, 0.15) is 6.04 Å². The van der Waals surface area contributed by atoms with E-state index < -0.39 is 30.4 Å². The molecule has 10 heteroatoms. The molecule has 0 saturated carbocycles. The minimum atomic E-state index is -1.10. The van der Waals surface area contributed by atoms with Gasteiger partial charge in [0.25, 0.3) is 17.7 Å². The molecule has 10 nitrogen and oxygen atoms in total. The monoisotopic (exact) mass is 465 g/mol. The van der Waals surface area contributed by atoms with Crippen LogP contribution in [0.15, 0.2) is 42.7 Å². The van der Waals surface area contributed by atoms with Crippen molar-refractivity contribution in [3.8, 4) is 0 Å². The van der Waals surface area contributed by atoms with Crippen molar-refractivity contribution in [2.75, 3.05) is 37.7 Å². The van der Waals surface area contributed by atoms with Gasteiger partial charge in [0, 0.05) is 38.6 Å². The summed E-state index contributed by atoms with van der Waals surface area (Å²) >= 11 is 0. The minimum Gasteiger partial charge on any atom is -0.454 e. The first-order chi connectivity index (χ1) is 16.4. The number of rotatable bonds is 7. The van der Waals surface area contributed by atoms with E-state index in [1.165, 1.54) is 0 Å². The molecule has 0 N–H and O–H groups in total. The predicted molar refractivity (Wildman–Crippen MR) is 122 cm³/mol. The van der Waals surface area contributed by atoms with Crippen LogP contribution in [0, 0.1) is 5.92 Å². The highest BCUT2D eigenvalue weighted by Gasteiger charge is 2.45. The van der Waals surface area contributed by atoms with E-state index in [0.717, 1.165) is 4.90 Å². The normalized spacial score (nSPS) is 17.4. The molecule has 0 unspecified atom stereocenters. The molecule has 0 bridgehead atoms. The number of carbonyl (C=O) groups is 4. The molecule has 2 aromatic rings. The van der Waals surface area contributed by atoms with Gasteiger partial charge < -0.3 is 14.5 Å². The maximum absolute atomic E-state index is 13.0. The van der Waals surface area contributed by atoms with Gasteiger partial charge in [-0.25, -0.2) is 14.8 Å². The lowest BCUT2D eigenvalue weighted by atomic mass is 9.97. The Morgan fingerprint density at radius 1 is 0.971 bits per heavy atom. The molecule has 1 saturated heterocycles. The van der Waals surface area contributed by atoms with E-state index in [4.69, 9.17) is 4.74 Å². The number of amides is 3. The zero-order chi connectivity index (χ0) is 24.2. The Balaban J connectivity index is 1.37. The third kappa shape index (κ3) is 4.48. The summed E-state index contributed by atoms with van der Waals surface area (Å²) in [6.07, 6.45) is 3.88. The molecular formula is C24H27N5O5. The zero-order valence-corrected chi connectivity index (χ0v) is 19.2. The van der Waals surface area contributed by atoms with Crippen LogP contribution < -0.4 is 4.90 Å². The number of ether oxygens (including phenoxy) is 1. The molecule has 1 fully saturated rings. The summed E-state index contributed by atoms with van der Waals surface area (Å²) in [6, 6.07) is 7.12. The summed E-state index contributed by atoms with van der Waals surface area (Å²) in [7, 11) is 0. The second-order valence-corrected chi connectivity index (χ2v) is 8.38. The summed E-state index contributed by atoms with van der Waals surface area (Å²) in [5.74, 6) is -1.85. The number of piperazine rings is 1. The SMILES string of the molecule is CC[C@H](C)[C@@H](C(=O)OCC(=O)N1CCN(c2ncccn2)CC1)N1C(=O)c2ccccc2C1=O. The summed E-state index contributed by atoms with van der Waals surface area (Å²) in [4.78, 5) is 64.6. The van der Waals surface area contributed by atoms with E-state index in [1.54, 1.807) is 54.5 Å². The number of imide groups is 1. The van der Waals surface area contributed by atoms with E-state index in [-0.39, 0.29) is 23.0 Å². The average Bonchev–Trinajstić information content (AvgIpc) is 3.13. The summed E-state index contributed by atoms with van der Waals surface area (Å²) in [5.41, 5.74) is 0.537. The number of hydrogen-bond acceptors (Lipinski definition) is 8. The van der Waals surface area contributed by atoms with Crippen molar-refractivity contribution in [2.45, 2.75) is 26.3 Å². The van der Waals surface area contributed by atoms with E-state index >= 15 is 0 Å². The van der Waals surface area contributed by atoms with Crippen molar-refractivity contribution >= 4 is 29.6 Å². The fourth-order valence-electron chi connectivity index (χ4n) is 4.20. The summed E-state index contributed by atoms with van der Waals surface area (Å²) < 4.78 is 5.35. The zero-order valence-electron chi connectivity index (χ0n) is 19.2. The van der Waals surface area contributed by atoms with Gasteiger partial charge in [-0.3, -0.25) is 19.3 Å². The van der Waals surface area contributed by atoms with Crippen LogP contribution in [0.5, 0.6) is 0 Å². The maximum atomic E-state index is 13.0. The molecule has 0 aliphatic carbocycles. The van der Waals surface area contributed by atoms with E-state index in [9.17, 15) is 19.2 Å². The van der Waals surface area contributed by atoms with Gasteiger partial charge in [-0.05, 0) is 24.1 Å². The first kappa shape index (κ1) is 23.3. The molecule has 0 radical (unpaired) electrons. The van der Waals surface area contributed by atoms with Crippen LogP contribution in [0.1, 0.15) is 41.0 Å². The largest absolute Gasteiger partial charge is 0.454 e. The molecular weight excluding hydrogens is 438 g/mol. The fraction of sp³-hybridized carbons (Fsp3) is 0.417. The van der Waals surface area contributed by atoms with Crippen molar-refractivity contribution in [2.24, 2.45) is 5.92 Å². The predicted octanol–water partition coefficient (Wildman–Crippen LogP) is 1.38. The van der Waals surface area contributed by atoms with E-state index in [1.807, 2.05) is 11.8 Å². The highest BCUT2D eigenvalue weighted by atomic mass is 16.5. The number of hydrogen-bond donors (Lipinski definition) is 0. The van der Waals surface area contributed by atoms with Crippen molar-refractivity contribution < 1.29 is 23.9 Å². The molecule has 2 atom stereocenters. The molecule has 1 aromatic carbocycles. The Hall–Kier alpha value is -3.82. The maximum Gasteiger partial charge on any atom is 0.330 e. The lowest BCUT2D eigenvalue weighted by Gasteiger charge is -2.34. The molecule has 0 spiro atoms. The number of nitrogens with zero attached hydrogens (tertiary/aromatic N) is 5. The van der Waals surface area contributed by atoms with Gasteiger partial charge in [0.15, 0.2) is 6.61 Å². The first-order valence-electron chi connectivity index (χ1n) is 11.4. The summed E-state index contributed by atoms with van der Waals surface area (Å²) in [5, 5.41) is 0. The molecule has 3 heterocycles. The van der Waals surface area contributed by atoms with Crippen LogP contribution >= 0.6 is 0 Å². The van der Waals surface area contributed by atoms with E-state index in [0.29, 0.717) is 38.5 Å². The Bertz CT molecular complexity index is 1050. The second-order valence-electron chi connectivity index (χ2n) is 8.38. The number of esters is 1. The number of benzene rings is 1. The van der Waals surface area contributed by atoms with Crippen molar-refractivity contribution in [1.82, 2.24) is 19.8 Å². The quantitative estimate of drug-likeness (QED) is 0.445. The van der Waals surface area contributed by atoms with Gasteiger partial charge in [0.05, 0.1) is 11.1 Å². The van der Waals surface area contributed by atoms with Crippen molar-refractivity contribution in [3.05, 3.63) is 53.9 Å². The Labute approximate surface area is 197 Å². The van der Waals surface area contributed by atoms with E-state index in [2.05, 4.69) is 9.97 Å². The second kappa shape index (κ2) is 9.98. The minimum absolute atomic E-state index is 0.268. The molecule has 1 aromatic heterocycles. The molecule has 4 rings (SSSR count). The van der Waals surface area contributed by atoms with Crippen LogP contribution in [-0.2, 0) is 14.3 Å². The molecule has 2 aliphatic heterocycles. The van der Waals surface area contributed by atoms with Crippen molar-refractivity contribution in [1.29, 1.82) is 0 Å². The Kier molecular flexibility index (Phi) is 6.85. The fourth-order valence-corrected chi connectivity index (χ4v) is 4.20. The standard InChI is InChI=1S/C24H27N5O5/c1-3-16(2)20(29-21(31)17-7-4-5-8-18(17)22(29)32)23(33)34-15-19(30)27-11-13-28(14-12-27)24-25-9-6-10-26-24/h4-10,16,20H,3,11-15H2,1-2H3/t16-,20-/m0/s1.